The summed E-state index contributed by atoms with van der Waals surface area (Å²) >= 11 is 5.50. The Hall–Kier alpha value is -0.640. The molecule has 1 unspecified atom stereocenters. The predicted octanol–water partition coefficient (Wildman–Crippen LogP) is 4.88. The van der Waals surface area contributed by atoms with Gasteiger partial charge in [-0.15, -0.1) is 11.3 Å². The van der Waals surface area contributed by atoms with Crippen molar-refractivity contribution < 1.29 is 0 Å². The van der Waals surface area contributed by atoms with Gasteiger partial charge in [-0.1, -0.05) is 28.9 Å². The van der Waals surface area contributed by atoms with Gasteiger partial charge in [0, 0.05) is 26.7 Å². The molecule has 0 spiro atoms. The largest absolute Gasteiger partial charge is 0.313 e. The Balaban J connectivity index is 2.22. The maximum Gasteiger partial charge on any atom is 0.0369 e. The average Bonchev–Trinajstić information content (AvgIpc) is 2.87. The molecule has 1 heterocycles. The van der Waals surface area contributed by atoms with Crippen molar-refractivity contribution in [2.75, 3.05) is 7.05 Å². The maximum atomic E-state index is 3.57. The quantitative estimate of drug-likeness (QED) is 0.819. The molecule has 1 atom stereocenters. The molecule has 1 aromatic heterocycles. The predicted molar refractivity (Wildman–Crippen MR) is 88.1 cm³/mol. The van der Waals surface area contributed by atoms with Crippen LogP contribution >= 0.6 is 27.3 Å². The second-order valence-corrected chi connectivity index (χ2v) is 6.94. The number of benzene rings is 1. The number of halogens is 1. The minimum atomic E-state index is 0.376. The van der Waals surface area contributed by atoms with Crippen molar-refractivity contribution in [3.63, 3.8) is 0 Å². The lowest BCUT2D eigenvalue weighted by atomic mass is 9.98. The first-order valence-corrected chi connectivity index (χ1v) is 8.26. The van der Waals surface area contributed by atoms with Crippen molar-refractivity contribution >= 4 is 27.3 Å². The molecule has 2 rings (SSSR count). The highest BCUT2D eigenvalue weighted by Crippen LogP contribution is 2.27. The summed E-state index contributed by atoms with van der Waals surface area (Å²) in [7, 11) is 2.04. The van der Waals surface area contributed by atoms with Crippen LogP contribution in [0.3, 0.4) is 0 Å². The summed E-state index contributed by atoms with van der Waals surface area (Å²) in [5.41, 5.74) is 2.72. The summed E-state index contributed by atoms with van der Waals surface area (Å²) < 4.78 is 1.15. The van der Waals surface area contributed by atoms with Crippen LogP contribution in [-0.2, 0) is 12.8 Å². The fourth-order valence-corrected chi connectivity index (χ4v) is 3.66. The summed E-state index contributed by atoms with van der Waals surface area (Å²) in [5, 5.41) is 3.45. The molecule has 1 nitrogen and oxygen atoms in total. The van der Waals surface area contributed by atoms with Crippen LogP contribution < -0.4 is 5.32 Å². The van der Waals surface area contributed by atoms with Gasteiger partial charge in [-0.05, 0) is 55.8 Å². The number of likely N-dealkylation sites (N-methyl/N-ethyl adjacent to an activating group) is 1. The van der Waals surface area contributed by atoms with Crippen molar-refractivity contribution in [3.05, 3.63) is 55.7 Å². The molecule has 0 aliphatic carbocycles. The molecule has 0 aliphatic heterocycles. The van der Waals surface area contributed by atoms with E-state index < -0.39 is 0 Å². The highest BCUT2D eigenvalue weighted by molar-refractivity contribution is 9.10. The van der Waals surface area contributed by atoms with Gasteiger partial charge in [-0.3, -0.25) is 0 Å². The van der Waals surface area contributed by atoms with E-state index >= 15 is 0 Å². The molecule has 1 N–H and O–H groups in total. The van der Waals surface area contributed by atoms with Crippen LogP contribution in [0.5, 0.6) is 0 Å². The molecular weight excluding hydrogens is 318 g/mol. The minimum absolute atomic E-state index is 0.376. The molecule has 102 valence electrons. The Labute approximate surface area is 128 Å². The van der Waals surface area contributed by atoms with E-state index in [2.05, 4.69) is 65.4 Å². The molecule has 19 heavy (non-hydrogen) atoms. The standard InChI is InChI=1S/C16H20BrNS/c1-4-13-7-8-14(19-13)10-16(18-3)15-9-12(17)6-5-11(15)2/h5-9,16,18H,4,10H2,1-3H3. The summed E-state index contributed by atoms with van der Waals surface area (Å²) in [6.45, 7) is 4.39. The van der Waals surface area contributed by atoms with Gasteiger partial charge in [0.05, 0.1) is 0 Å². The normalized spacial score (nSPS) is 12.6. The molecule has 0 amide bonds. The molecule has 0 saturated carbocycles. The third kappa shape index (κ3) is 3.68. The van der Waals surface area contributed by atoms with Crippen molar-refractivity contribution in [1.82, 2.24) is 5.32 Å². The van der Waals surface area contributed by atoms with Crippen LogP contribution in [0.15, 0.2) is 34.8 Å². The SMILES string of the molecule is CCc1ccc(CC(NC)c2cc(Br)ccc2C)s1. The summed E-state index contributed by atoms with van der Waals surface area (Å²) in [5.74, 6) is 0. The third-order valence-electron chi connectivity index (χ3n) is 3.44. The Morgan fingerprint density at radius 2 is 1.95 bits per heavy atom. The number of hydrogen-bond donors (Lipinski definition) is 1. The number of hydrogen-bond acceptors (Lipinski definition) is 2. The van der Waals surface area contributed by atoms with E-state index in [9.17, 15) is 0 Å². The lowest BCUT2D eigenvalue weighted by Gasteiger charge is -2.18. The van der Waals surface area contributed by atoms with E-state index in [1.807, 2.05) is 18.4 Å². The first-order chi connectivity index (χ1) is 9.13. The summed E-state index contributed by atoms with van der Waals surface area (Å²) in [6.07, 6.45) is 2.18. The molecule has 2 aromatic rings. The van der Waals surface area contributed by atoms with Gasteiger partial charge in [0.15, 0.2) is 0 Å². The zero-order valence-electron chi connectivity index (χ0n) is 11.7. The van der Waals surface area contributed by atoms with Crippen molar-refractivity contribution in [3.8, 4) is 0 Å². The van der Waals surface area contributed by atoms with E-state index in [4.69, 9.17) is 0 Å². The molecule has 0 radical (unpaired) electrons. The number of nitrogens with one attached hydrogen (secondary N) is 1. The fraction of sp³-hybridized carbons (Fsp3) is 0.375. The van der Waals surface area contributed by atoms with Crippen LogP contribution in [0.1, 0.15) is 33.8 Å². The smallest absolute Gasteiger partial charge is 0.0369 e. The van der Waals surface area contributed by atoms with Crippen LogP contribution in [0.4, 0.5) is 0 Å². The Morgan fingerprint density at radius 1 is 1.21 bits per heavy atom. The zero-order valence-corrected chi connectivity index (χ0v) is 14.1. The molecule has 3 heteroatoms. The van der Waals surface area contributed by atoms with Crippen molar-refractivity contribution in [2.45, 2.75) is 32.7 Å². The highest BCUT2D eigenvalue weighted by Gasteiger charge is 2.14. The zero-order chi connectivity index (χ0) is 13.8. The first kappa shape index (κ1) is 14.8. The fourth-order valence-electron chi connectivity index (χ4n) is 2.28. The Kier molecular flexibility index (Phi) is 5.20. The van der Waals surface area contributed by atoms with Gasteiger partial charge >= 0.3 is 0 Å². The number of thiophene rings is 1. The van der Waals surface area contributed by atoms with Crippen molar-refractivity contribution in [1.29, 1.82) is 0 Å². The van der Waals surface area contributed by atoms with E-state index in [-0.39, 0.29) is 0 Å². The second-order valence-electron chi connectivity index (χ2n) is 4.77. The van der Waals surface area contributed by atoms with E-state index in [1.165, 1.54) is 20.9 Å². The van der Waals surface area contributed by atoms with Gasteiger partial charge in [0.1, 0.15) is 0 Å². The number of rotatable bonds is 5. The molecule has 0 aliphatic rings. The van der Waals surface area contributed by atoms with E-state index in [0.717, 1.165) is 17.3 Å². The van der Waals surface area contributed by atoms with Gasteiger partial charge in [0.2, 0.25) is 0 Å². The maximum absolute atomic E-state index is 3.57. The summed E-state index contributed by atoms with van der Waals surface area (Å²) in [4.78, 5) is 2.92. The Bertz CT molecular complexity index is 547. The van der Waals surface area contributed by atoms with Crippen LogP contribution in [0.2, 0.25) is 0 Å². The van der Waals surface area contributed by atoms with Gasteiger partial charge < -0.3 is 5.32 Å². The molecule has 1 aromatic carbocycles. The lowest BCUT2D eigenvalue weighted by Crippen LogP contribution is -2.19. The van der Waals surface area contributed by atoms with Crippen molar-refractivity contribution in [2.24, 2.45) is 0 Å². The topological polar surface area (TPSA) is 12.0 Å². The molecule has 0 saturated heterocycles. The van der Waals surface area contributed by atoms with Crippen LogP contribution in [0, 0.1) is 6.92 Å². The molecular formula is C16H20BrNS. The molecule has 0 bridgehead atoms. The average molecular weight is 338 g/mol. The summed E-state index contributed by atoms with van der Waals surface area (Å²) in [6, 6.07) is 11.4. The minimum Gasteiger partial charge on any atom is -0.313 e. The third-order valence-corrected chi connectivity index (χ3v) is 5.18. The van der Waals surface area contributed by atoms with Crippen LogP contribution in [0.25, 0.3) is 0 Å². The van der Waals surface area contributed by atoms with Gasteiger partial charge in [-0.25, -0.2) is 0 Å². The first-order valence-electron chi connectivity index (χ1n) is 6.65. The Morgan fingerprint density at radius 3 is 2.58 bits per heavy atom. The van der Waals surface area contributed by atoms with Gasteiger partial charge in [-0.2, -0.15) is 0 Å². The van der Waals surface area contributed by atoms with Crippen LogP contribution in [-0.4, -0.2) is 7.05 Å². The van der Waals surface area contributed by atoms with E-state index in [0.29, 0.717) is 6.04 Å². The number of aryl methyl sites for hydroxylation is 2. The highest BCUT2D eigenvalue weighted by atomic mass is 79.9. The van der Waals surface area contributed by atoms with Gasteiger partial charge in [0.25, 0.3) is 0 Å². The molecule has 0 fully saturated rings. The second kappa shape index (κ2) is 6.69. The van der Waals surface area contributed by atoms with E-state index in [1.54, 1.807) is 0 Å². The monoisotopic (exact) mass is 337 g/mol. The lowest BCUT2D eigenvalue weighted by molar-refractivity contribution is 0.593.